The second kappa shape index (κ2) is 7.49. The summed E-state index contributed by atoms with van der Waals surface area (Å²) in [5, 5.41) is 0. The first-order chi connectivity index (χ1) is 12.8. The molecule has 1 aliphatic rings. The molecule has 1 amide bonds. The van der Waals surface area contributed by atoms with E-state index in [1.54, 1.807) is 47.4 Å². The number of carbonyl (C=O) groups excluding carboxylic acids is 1. The fraction of sp³-hybridized carbons (Fsp3) is 0.353. The topological polar surface area (TPSA) is 125 Å². The molecule has 1 aromatic carbocycles. The molecule has 2 heterocycles. The summed E-state index contributed by atoms with van der Waals surface area (Å²) in [6, 6.07) is 8.58. The van der Waals surface area contributed by atoms with E-state index in [4.69, 9.17) is 4.74 Å². The lowest BCUT2D eigenvalue weighted by Crippen LogP contribution is -2.53. The van der Waals surface area contributed by atoms with Crippen LogP contribution in [0.1, 0.15) is 18.4 Å². The summed E-state index contributed by atoms with van der Waals surface area (Å²) in [5.41, 5.74) is -0.575. The molecule has 1 aliphatic heterocycles. The SMILES string of the molecule is COc1cccc(C2(C(=O)NS(=O)(=O)[O-])CCN(c3ncccn3)CC2)c1. The van der Waals surface area contributed by atoms with Crippen molar-refractivity contribution in [2.45, 2.75) is 18.3 Å². The van der Waals surface area contributed by atoms with Crippen LogP contribution in [0, 0.1) is 0 Å². The zero-order valence-electron chi connectivity index (χ0n) is 14.7. The molecule has 0 unspecified atom stereocenters. The van der Waals surface area contributed by atoms with Gasteiger partial charge in [-0.25, -0.2) is 18.4 Å². The molecule has 0 saturated carbocycles. The summed E-state index contributed by atoms with van der Waals surface area (Å²) < 4.78 is 40.2. The Morgan fingerprint density at radius 3 is 2.48 bits per heavy atom. The highest BCUT2D eigenvalue weighted by Gasteiger charge is 2.44. The Bertz CT molecular complexity index is 912. The summed E-state index contributed by atoms with van der Waals surface area (Å²) in [6.07, 6.45) is 3.84. The highest BCUT2D eigenvalue weighted by Crippen LogP contribution is 2.38. The fourth-order valence-electron chi connectivity index (χ4n) is 3.32. The lowest BCUT2D eigenvalue weighted by Gasteiger charge is -2.41. The average Bonchev–Trinajstić information content (AvgIpc) is 2.67. The van der Waals surface area contributed by atoms with Crippen molar-refractivity contribution in [1.29, 1.82) is 0 Å². The zero-order valence-corrected chi connectivity index (χ0v) is 15.5. The number of benzene rings is 1. The quantitative estimate of drug-likeness (QED) is 0.735. The number of rotatable bonds is 5. The van der Waals surface area contributed by atoms with Gasteiger partial charge in [0, 0.05) is 25.5 Å². The number of aromatic nitrogens is 2. The minimum atomic E-state index is -4.92. The van der Waals surface area contributed by atoms with Crippen molar-refractivity contribution in [1.82, 2.24) is 14.7 Å². The molecular weight excluding hydrogens is 372 g/mol. The molecule has 0 aliphatic carbocycles. The Hall–Kier alpha value is -2.72. The Morgan fingerprint density at radius 1 is 1.22 bits per heavy atom. The number of nitrogens with zero attached hydrogens (tertiary/aromatic N) is 3. The van der Waals surface area contributed by atoms with Gasteiger partial charge in [-0.05, 0) is 36.6 Å². The average molecular weight is 391 g/mol. The van der Waals surface area contributed by atoms with E-state index in [-0.39, 0.29) is 0 Å². The van der Waals surface area contributed by atoms with Crippen LogP contribution in [0.4, 0.5) is 5.95 Å². The largest absolute Gasteiger partial charge is 0.731 e. The third-order valence-electron chi connectivity index (χ3n) is 4.73. The number of amides is 1. The first-order valence-corrected chi connectivity index (χ1v) is 9.69. The maximum absolute atomic E-state index is 12.8. The van der Waals surface area contributed by atoms with Crippen LogP contribution in [0.3, 0.4) is 0 Å². The monoisotopic (exact) mass is 391 g/mol. The van der Waals surface area contributed by atoms with Crippen molar-refractivity contribution in [2.24, 2.45) is 0 Å². The zero-order chi connectivity index (χ0) is 19.5. The minimum Gasteiger partial charge on any atom is -0.731 e. The van der Waals surface area contributed by atoms with Crippen LogP contribution < -0.4 is 14.4 Å². The van der Waals surface area contributed by atoms with Gasteiger partial charge in [0.25, 0.3) is 0 Å². The summed E-state index contributed by atoms with van der Waals surface area (Å²) in [5.74, 6) is 0.242. The van der Waals surface area contributed by atoms with Crippen molar-refractivity contribution in [2.75, 3.05) is 25.1 Å². The first-order valence-electron chi connectivity index (χ1n) is 8.29. The molecule has 0 radical (unpaired) electrons. The maximum atomic E-state index is 12.8. The molecule has 0 atom stereocenters. The summed E-state index contributed by atoms with van der Waals surface area (Å²) in [4.78, 5) is 23.1. The van der Waals surface area contributed by atoms with Crippen molar-refractivity contribution in [3.8, 4) is 5.75 Å². The third kappa shape index (κ3) is 4.17. The molecule has 1 aromatic heterocycles. The standard InChI is InChI=1S/C17H20N4O5S/c1-26-14-5-2-4-13(12-14)17(15(22)20-27(23,24)25)6-10-21(11-7-17)16-18-8-3-9-19-16/h2-5,8-9,12H,6-7,10-11H2,1H3,(H,20,22)(H,23,24,25)/p-1. The van der Waals surface area contributed by atoms with E-state index in [0.717, 1.165) is 0 Å². The highest BCUT2D eigenvalue weighted by atomic mass is 32.2. The number of methoxy groups -OCH3 is 1. The van der Waals surface area contributed by atoms with Gasteiger partial charge < -0.3 is 14.2 Å². The van der Waals surface area contributed by atoms with Crippen LogP contribution in [-0.2, 0) is 20.5 Å². The molecule has 1 fully saturated rings. The Kier molecular flexibility index (Phi) is 5.29. The second-order valence-corrected chi connectivity index (χ2v) is 7.35. The number of carbonyl (C=O) groups is 1. The van der Waals surface area contributed by atoms with Crippen molar-refractivity contribution in [3.05, 3.63) is 48.3 Å². The van der Waals surface area contributed by atoms with Crippen LogP contribution in [-0.4, -0.2) is 49.0 Å². The van der Waals surface area contributed by atoms with Gasteiger partial charge in [0.05, 0.1) is 12.5 Å². The molecule has 9 nitrogen and oxygen atoms in total. The minimum absolute atomic E-state index is 0.291. The van der Waals surface area contributed by atoms with E-state index in [1.165, 1.54) is 7.11 Å². The molecule has 27 heavy (non-hydrogen) atoms. The van der Waals surface area contributed by atoms with Crippen molar-refractivity contribution in [3.63, 3.8) is 0 Å². The molecule has 0 bridgehead atoms. The molecule has 1 N–H and O–H groups in total. The lowest BCUT2D eigenvalue weighted by atomic mass is 9.72. The predicted molar refractivity (Wildman–Crippen MR) is 96.0 cm³/mol. The first kappa shape index (κ1) is 19.1. The van der Waals surface area contributed by atoms with Gasteiger partial charge in [-0.1, -0.05) is 12.1 Å². The number of nitrogens with one attached hydrogen (secondary N) is 1. The number of hydrogen-bond acceptors (Lipinski definition) is 8. The highest BCUT2D eigenvalue weighted by molar-refractivity contribution is 7.84. The predicted octanol–water partition coefficient (Wildman–Crippen LogP) is 0.600. The van der Waals surface area contributed by atoms with Crippen LogP contribution in [0.5, 0.6) is 5.75 Å². The van der Waals surface area contributed by atoms with Gasteiger partial charge in [0.1, 0.15) is 5.75 Å². The summed E-state index contributed by atoms with van der Waals surface area (Å²) in [7, 11) is -3.42. The fourth-order valence-corrected chi connectivity index (χ4v) is 3.74. The van der Waals surface area contributed by atoms with Crippen molar-refractivity contribution >= 4 is 22.2 Å². The lowest BCUT2D eigenvalue weighted by molar-refractivity contribution is -0.125. The molecule has 10 heteroatoms. The Labute approximate surface area is 157 Å². The van der Waals surface area contributed by atoms with Crippen molar-refractivity contribution < 1.29 is 22.5 Å². The van der Waals surface area contributed by atoms with Gasteiger partial charge in [0.2, 0.25) is 11.9 Å². The van der Waals surface area contributed by atoms with Crippen LogP contribution in [0.2, 0.25) is 0 Å². The van der Waals surface area contributed by atoms with Gasteiger partial charge in [-0.2, -0.15) is 0 Å². The molecule has 0 spiro atoms. The van der Waals surface area contributed by atoms with E-state index in [9.17, 15) is 17.8 Å². The van der Waals surface area contributed by atoms with Crippen LogP contribution >= 0.6 is 0 Å². The number of anilines is 1. The van der Waals surface area contributed by atoms with E-state index in [0.29, 0.717) is 43.2 Å². The second-order valence-electron chi connectivity index (χ2n) is 6.24. The third-order valence-corrected chi connectivity index (χ3v) is 5.16. The van der Waals surface area contributed by atoms with E-state index in [2.05, 4.69) is 9.97 Å². The summed E-state index contributed by atoms with van der Waals surface area (Å²) >= 11 is 0. The normalized spacial score (nSPS) is 16.6. The molecular formula is C17H19N4O5S-. The molecule has 3 rings (SSSR count). The molecule has 144 valence electrons. The Balaban J connectivity index is 1.93. The van der Waals surface area contributed by atoms with Crippen LogP contribution in [0.15, 0.2) is 42.7 Å². The van der Waals surface area contributed by atoms with Gasteiger partial charge >= 0.3 is 0 Å². The van der Waals surface area contributed by atoms with Gasteiger partial charge in [-0.15, -0.1) is 0 Å². The number of ether oxygens (including phenoxy) is 1. The molecule has 2 aromatic rings. The maximum Gasteiger partial charge on any atom is 0.243 e. The van der Waals surface area contributed by atoms with E-state index in [1.807, 2.05) is 4.90 Å². The smallest absolute Gasteiger partial charge is 0.243 e. The van der Waals surface area contributed by atoms with E-state index >= 15 is 0 Å². The van der Waals surface area contributed by atoms with Gasteiger partial charge in [-0.3, -0.25) is 9.52 Å². The number of piperidine rings is 1. The van der Waals surface area contributed by atoms with E-state index < -0.39 is 21.6 Å². The number of hydrogen-bond donors (Lipinski definition) is 1. The van der Waals surface area contributed by atoms with Gasteiger partial charge in [0.15, 0.2) is 10.3 Å². The summed E-state index contributed by atoms with van der Waals surface area (Å²) in [6.45, 7) is 0.848. The van der Waals surface area contributed by atoms with Crippen LogP contribution in [0.25, 0.3) is 0 Å². The molecule has 1 saturated heterocycles. The Morgan fingerprint density at radius 2 is 1.89 bits per heavy atom.